The van der Waals surface area contributed by atoms with Crippen LogP contribution in [0.3, 0.4) is 0 Å². The maximum absolute atomic E-state index is 13.5. The highest BCUT2D eigenvalue weighted by atomic mass is 35.5. The van der Waals surface area contributed by atoms with Crippen LogP contribution < -0.4 is 0 Å². The molecule has 1 aromatic rings. The van der Waals surface area contributed by atoms with Crippen LogP contribution in [0.15, 0.2) is 24.3 Å². The third-order valence-electron chi connectivity index (χ3n) is 2.55. The van der Waals surface area contributed by atoms with Gasteiger partial charge in [-0.3, -0.25) is 0 Å². The van der Waals surface area contributed by atoms with Crippen molar-refractivity contribution in [2.45, 2.75) is 25.4 Å². The van der Waals surface area contributed by atoms with Crippen molar-refractivity contribution in [1.29, 1.82) is 0 Å². The fourth-order valence-electron chi connectivity index (χ4n) is 1.58. The Kier molecular flexibility index (Phi) is 5.06. The summed E-state index contributed by atoms with van der Waals surface area (Å²) in [6.07, 6.45) is 0.828. The summed E-state index contributed by atoms with van der Waals surface area (Å²) in [5.41, 5.74) is 0.677. The molecule has 0 heterocycles. The van der Waals surface area contributed by atoms with Crippen molar-refractivity contribution in [1.82, 2.24) is 0 Å². The van der Waals surface area contributed by atoms with E-state index in [0.717, 1.165) is 6.42 Å². The second-order valence-corrected chi connectivity index (χ2v) is 3.96. The monoisotopic (exact) mass is 230 g/mol. The molecule has 0 fully saturated rings. The van der Waals surface area contributed by atoms with Crippen molar-refractivity contribution in [3.8, 4) is 0 Å². The van der Waals surface area contributed by atoms with Gasteiger partial charge in [-0.15, -0.1) is 11.6 Å². The summed E-state index contributed by atoms with van der Waals surface area (Å²) in [5, 5.41) is 0. The zero-order valence-corrected chi connectivity index (χ0v) is 9.80. The number of halogens is 2. The van der Waals surface area contributed by atoms with Gasteiger partial charge in [0.25, 0.3) is 0 Å². The Labute approximate surface area is 95.2 Å². The standard InChI is InChI=1S/C12H16ClFO/c1-9(15-2)7-10(8-13)11-5-3-4-6-12(11)14/h3-6,9-10H,7-8H2,1-2H3. The maximum atomic E-state index is 13.5. The van der Waals surface area contributed by atoms with Crippen LogP contribution >= 0.6 is 11.6 Å². The molecule has 0 amide bonds. The topological polar surface area (TPSA) is 9.23 Å². The highest BCUT2D eigenvalue weighted by Gasteiger charge is 2.17. The highest BCUT2D eigenvalue weighted by Crippen LogP contribution is 2.25. The first-order chi connectivity index (χ1) is 7.19. The van der Waals surface area contributed by atoms with Crippen LogP contribution in [0.4, 0.5) is 4.39 Å². The van der Waals surface area contributed by atoms with Crippen LogP contribution in [0.5, 0.6) is 0 Å². The van der Waals surface area contributed by atoms with Crippen LogP contribution in [0, 0.1) is 5.82 Å². The van der Waals surface area contributed by atoms with E-state index in [1.165, 1.54) is 6.07 Å². The Balaban J connectivity index is 2.78. The predicted molar refractivity (Wildman–Crippen MR) is 60.9 cm³/mol. The lowest BCUT2D eigenvalue weighted by Gasteiger charge is -2.18. The molecule has 0 saturated heterocycles. The SMILES string of the molecule is COC(C)CC(CCl)c1ccccc1F. The molecule has 3 heteroatoms. The molecule has 0 aliphatic heterocycles. The Hall–Kier alpha value is -0.600. The number of benzene rings is 1. The van der Waals surface area contributed by atoms with Gasteiger partial charge in [0.05, 0.1) is 6.10 Å². The van der Waals surface area contributed by atoms with Gasteiger partial charge >= 0.3 is 0 Å². The van der Waals surface area contributed by atoms with Gasteiger partial charge in [-0.1, -0.05) is 18.2 Å². The van der Waals surface area contributed by atoms with Gasteiger partial charge in [0.15, 0.2) is 0 Å². The van der Waals surface area contributed by atoms with Gasteiger partial charge in [0.1, 0.15) is 5.82 Å². The first-order valence-corrected chi connectivity index (χ1v) is 5.55. The molecule has 0 aliphatic rings. The minimum absolute atomic E-state index is 0.0165. The quantitative estimate of drug-likeness (QED) is 0.703. The fraction of sp³-hybridized carbons (Fsp3) is 0.500. The van der Waals surface area contributed by atoms with E-state index in [4.69, 9.17) is 16.3 Å². The number of hydrogen-bond acceptors (Lipinski definition) is 1. The number of methoxy groups -OCH3 is 1. The zero-order valence-electron chi connectivity index (χ0n) is 9.04. The molecular weight excluding hydrogens is 215 g/mol. The zero-order chi connectivity index (χ0) is 11.3. The molecule has 0 radical (unpaired) electrons. The third kappa shape index (κ3) is 3.47. The van der Waals surface area contributed by atoms with Gasteiger partial charge in [0.2, 0.25) is 0 Å². The molecule has 0 saturated carbocycles. The van der Waals surface area contributed by atoms with Crippen LogP contribution in [-0.2, 0) is 4.74 Å². The van der Waals surface area contributed by atoms with E-state index in [2.05, 4.69) is 0 Å². The molecular formula is C12H16ClFO. The van der Waals surface area contributed by atoms with Gasteiger partial charge in [-0.05, 0) is 25.0 Å². The molecule has 84 valence electrons. The Bertz CT molecular complexity index is 303. The normalized spacial score (nSPS) is 14.9. The molecule has 2 unspecified atom stereocenters. The molecule has 0 bridgehead atoms. The molecule has 0 N–H and O–H groups in total. The van der Waals surface area contributed by atoms with Crippen LogP contribution in [0.25, 0.3) is 0 Å². The Morgan fingerprint density at radius 3 is 2.60 bits per heavy atom. The van der Waals surface area contributed by atoms with E-state index in [0.29, 0.717) is 11.4 Å². The van der Waals surface area contributed by atoms with Crippen LogP contribution in [0.1, 0.15) is 24.8 Å². The lowest BCUT2D eigenvalue weighted by molar-refractivity contribution is 0.105. The first kappa shape index (κ1) is 12.5. The van der Waals surface area contributed by atoms with Gasteiger partial charge in [-0.25, -0.2) is 4.39 Å². The summed E-state index contributed by atoms with van der Waals surface area (Å²) >= 11 is 5.85. The van der Waals surface area contributed by atoms with Crippen molar-refractivity contribution < 1.29 is 9.13 Å². The van der Waals surface area contributed by atoms with E-state index in [1.54, 1.807) is 19.2 Å². The Morgan fingerprint density at radius 2 is 2.07 bits per heavy atom. The number of alkyl halides is 1. The maximum Gasteiger partial charge on any atom is 0.126 e. The summed E-state index contributed by atoms with van der Waals surface area (Å²) in [6, 6.07) is 6.76. The molecule has 0 aliphatic carbocycles. The molecule has 0 spiro atoms. The molecule has 1 rings (SSSR count). The van der Waals surface area contributed by atoms with Crippen molar-refractivity contribution in [3.63, 3.8) is 0 Å². The lowest BCUT2D eigenvalue weighted by atomic mass is 9.95. The molecule has 1 nitrogen and oxygen atoms in total. The van der Waals surface area contributed by atoms with Crippen molar-refractivity contribution in [2.24, 2.45) is 0 Å². The van der Waals surface area contributed by atoms with E-state index in [-0.39, 0.29) is 17.8 Å². The third-order valence-corrected chi connectivity index (χ3v) is 2.92. The van der Waals surface area contributed by atoms with Gasteiger partial charge in [0, 0.05) is 18.9 Å². The predicted octanol–water partition coefficient (Wildman–Crippen LogP) is 3.57. The van der Waals surface area contributed by atoms with Gasteiger partial charge in [-0.2, -0.15) is 0 Å². The summed E-state index contributed by atoms with van der Waals surface area (Å²) < 4.78 is 18.6. The van der Waals surface area contributed by atoms with E-state index >= 15 is 0 Å². The van der Waals surface area contributed by atoms with Crippen molar-refractivity contribution in [3.05, 3.63) is 35.6 Å². The molecule has 0 aromatic heterocycles. The average Bonchev–Trinajstić information content (AvgIpc) is 2.26. The minimum Gasteiger partial charge on any atom is -0.382 e. The molecule has 2 atom stereocenters. The molecule has 15 heavy (non-hydrogen) atoms. The van der Waals surface area contributed by atoms with E-state index in [1.807, 2.05) is 13.0 Å². The molecule has 1 aromatic carbocycles. The second-order valence-electron chi connectivity index (χ2n) is 3.65. The highest BCUT2D eigenvalue weighted by molar-refractivity contribution is 6.18. The number of rotatable bonds is 5. The van der Waals surface area contributed by atoms with Crippen LogP contribution in [0.2, 0.25) is 0 Å². The fourth-order valence-corrected chi connectivity index (χ4v) is 1.87. The van der Waals surface area contributed by atoms with Crippen molar-refractivity contribution >= 4 is 11.6 Å². The number of ether oxygens (including phenoxy) is 1. The largest absolute Gasteiger partial charge is 0.382 e. The minimum atomic E-state index is -0.188. The summed E-state index contributed by atoms with van der Waals surface area (Å²) in [7, 11) is 1.65. The number of hydrogen-bond donors (Lipinski definition) is 0. The van der Waals surface area contributed by atoms with Crippen LogP contribution in [-0.4, -0.2) is 19.1 Å². The summed E-state index contributed by atoms with van der Waals surface area (Å²) in [5.74, 6) is 0.239. The summed E-state index contributed by atoms with van der Waals surface area (Å²) in [6.45, 7) is 1.96. The smallest absolute Gasteiger partial charge is 0.126 e. The summed E-state index contributed by atoms with van der Waals surface area (Å²) in [4.78, 5) is 0. The van der Waals surface area contributed by atoms with Crippen molar-refractivity contribution in [2.75, 3.05) is 13.0 Å². The van der Waals surface area contributed by atoms with E-state index < -0.39 is 0 Å². The lowest BCUT2D eigenvalue weighted by Crippen LogP contribution is -2.13. The second kappa shape index (κ2) is 6.09. The Morgan fingerprint density at radius 1 is 1.40 bits per heavy atom. The first-order valence-electron chi connectivity index (χ1n) is 5.02. The average molecular weight is 231 g/mol. The van der Waals surface area contributed by atoms with Gasteiger partial charge < -0.3 is 4.74 Å². The van der Waals surface area contributed by atoms with E-state index in [9.17, 15) is 4.39 Å².